The summed E-state index contributed by atoms with van der Waals surface area (Å²) in [6.45, 7) is 5.82. The lowest BCUT2D eigenvalue weighted by Gasteiger charge is -2.24. The maximum absolute atomic E-state index is 12.3. The second kappa shape index (κ2) is 6.75. The number of hydrogen-bond acceptors (Lipinski definition) is 3. The van der Waals surface area contributed by atoms with E-state index < -0.39 is 0 Å². The molecule has 1 heterocycles. The molecule has 1 aromatic rings. The van der Waals surface area contributed by atoms with E-state index in [1.807, 2.05) is 36.1 Å². The largest absolute Gasteiger partial charge is 0.497 e. The molecule has 4 heteroatoms. The third-order valence-corrected chi connectivity index (χ3v) is 3.88. The Morgan fingerprint density at radius 3 is 2.65 bits per heavy atom. The Hall–Kier alpha value is -1.55. The van der Waals surface area contributed by atoms with Gasteiger partial charge in [0.15, 0.2) is 0 Å². The van der Waals surface area contributed by atoms with E-state index in [0.29, 0.717) is 0 Å². The second-order valence-electron chi connectivity index (χ2n) is 5.42. The first-order chi connectivity index (χ1) is 9.61. The summed E-state index contributed by atoms with van der Waals surface area (Å²) in [7, 11) is 1.66. The predicted molar refractivity (Wildman–Crippen MR) is 79.8 cm³/mol. The highest BCUT2D eigenvalue weighted by atomic mass is 16.5. The smallest absolute Gasteiger partial charge is 0.239 e. The zero-order valence-corrected chi connectivity index (χ0v) is 12.6. The molecule has 2 unspecified atom stereocenters. The van der Waals surface area contributed by atoms with Gasteiger partial charge in [-0.05, 0) is 44.4 Å². The normalized spacial score (nSPS) is 17.9. The van der Waals surface area contributed by atoms with Crippen molar-refractivity contribution in [3.8, 4) is 5.75 Å². The Kier molecular flexibility index (Phi) is 5.01. The van der Waals surface area contributed by atoms with Crippen LogP contribution in [0.5, 0.6) is 5.75 Å². The van der Waals surface area contributed by atoms with Gasteiger partial charge in [-0.1, -0.05) is 12.1 Å². The van der Waals surface area contributed by atoms with E-state index in [1.54, 1.807) is 7.11 Å². The van der Waals surface area contributed by atoms with E-state index in [-0.39, 0.29) is 18.0 Å². The average molecular weight is 276 g/mol. The molecule has 1 fully saturated rings. The Balaban J connectivity index is 1.95. The van der Waals surface area contributed by atoms with Crippen molar-refractivity contribution in [2.45, 2.75) is 38.8 Å². The van der Waals surface area contributed by atoms with Crippen LogP contribution in [0.15, 0.2) is 24.3 Å². The van der Waals surface area contributed by atoms with Gasteiger partial charge in [0, 0.05) is 19.1 Å². The lowest BCUT2D eigenvalue weighted by Crippen LogP contribution is -2.44. The fourth-order valence-corrected chi connectivity index (χ4v) is 2.66. The number of hydrogen-bond donors (Lipinski definition) is 1. The van der Waals surface area contributed by atoms with Crippen molar-refractivity contribution >= 4 is 5.91 Å². The number of ether oxygens (including phenoxy) is 1. The zero-order valence-electron chi connectivity index (χ0n) is 12.6. The average Bonchev–Trinajstić information content (AvgIpc) is 3.00. The van der Waals surface area contributed by atoms with Crippen LogP contribution < -0.4 is 10.1 Å². The van der Waals surface area contributed by atoms with E-state index in [2.05, 4.69) is 12.2 Å². The molecule has 0 spiro atoms. The first kappa shape index (κ1) is 14.9. The lowest BCUT2D eigenvalue weighted by atomic mass is 10.1. The number of likely N-dealkylation sites (tertiary alicyclic amines) is 1. The molecule has 110 valence electrons. The second-order valence-corrected chi connectivity index (χ2v) is 5.42. The van der Waals surface area contributed by atoms with Crippen molar-refractivity contribution in [2.75, 3.05) is 20.2 Å². The molecule has 1 aliphatic heterocycles. The highest BCUT2D eigenvalue weighted by Crippen LogP contribution is 2.19. The van der Waals surface area contributed by atoms with Crippen molar-refractivity contribution in [3.05, 3.63) is 29.8 Å². The van der Waals surface area contributed by atoms with Gasteiger partial charge in [-0.25, -0.2) is 0 Å². The van der Waals surface area contributed by atoms with Crippen molar-refractivity contribution in [1.29, 1.82) is 0 Å². The van der Waals surface area contributed by atoms with E-state index >= 15 is 0 Å². The van der Waals surface area contributed by atoms with Gasteiger partial charge in [0.1, 0.15) is 5.75 Å². The summed E-state index contributed by atoms with van der Waals surface area (Å²) in [5.41, 5.74) is 1.13. The van der Waals surface area contributed by atoms with Crippen molar-refractivity contribution in [3.63, 3.8) is 0 Å². The molecule has 2 atom stereocenters. The molecule has 1 N–H and O–H groups in total. The minimum Gasteiger partial charge on any atom is -0.497 e. The van der Waals surface area contributed by atoms with Gasteiger partial charge < -0.3 is 9.64 Å². The van der Waals surface area contributed by atoms with Gasteiger partial charge in [0.2, 0.25) is 5.91 Å². The fourth-order valence-electron chi connectivity index (χ4n) is 2.66. The van der Waals surface area contributed by atoms with E-state index in [4.69, 9.17) is 4.74 Å². The van der Waals surface area contributed by atoms with Gasteiger partial charge in [-0.3, -0.25) is 10.1 Å². The number of carbonyl (C=O) groups excluding carboxylic acids is 1. The number of rotatable bonds is 5. The van der Waals surface area contributed by atoms with Gasteiger partial charge >= 0.3 is 0 Å². The lowest BCUT2D eigenvalue weighted by molar-refractivity contribution is -0.132. The number of carbonyl (C=O) groups is 1. The van der Waals surface area contributed by atoms with Crippen molar-refractivity contribution in [2.24, 2.45) is 0 Å². The number of nitrogens with one attached hydrogen (secondary N) is 1. The monoisotopic (exact) mass is 276 g/mol. The highest BCUT2D eigenvalue weighted by Gasteiger charge is 2.24. The van der Waals surface area contributed by atoms with Crippen LogP contribution in [0.3, 0.4) is 0 Å². The van der Waals surface area contributed by atoms with Crippen LogP contribution in [0.25, 0.3) is 0 Å². The minimum absolute atomic E-state index is 0.117. The summed E-state index contributed by atoms with van der Waals surface area (Å²) in [4.78, 5) is 14.2. The Bertz CT molecular complexity index is 456. The van der Waals surface area contributed by atoms with Crippen LogP contribution in [0, 0.1) is 0 Å². The Labute approximate surface area is 121 Å². The van der Waals surface area contributed by atoms with Crippen LogP contribution in [0.2, 0.25) is 0 Å². The van der Waals surface area contributed by atoms with Crippen LogP contribution in [-0.4, -0.2) is 37.0 Å². The van der Waals surface area contributed by atoms with Crippen LogP contribution in [0.1, 0.15) is 38.3 Å². The van der Waals surface area contributed by atoms with E-state index in [0.717, 1.165) is 37.2 Å². The molecule has 0 bridgehead atoms. The van der Waals surface area contributed by atoms with Crippen molar-refractivity contribution < 1.29 is 9.53 Å². The van der Waals surface area contributed by atoms with Crippen LogP contribution in [0.4, 0.5) is 0 Å². The molecule has 0 aromatic heterocycles. The van der Waals surface area contributed by atoms with Gasteiger partial charge in [-0.2, -0.15) is 0 Å². The maximum Gasteiger partial charge on any atom is 0.239 e. The minimum atomic E-state index is -0.158. The van der Waals surface area contributed by atoms with Gasteiger partial charge in [0.25, 0.3) is 0 Å². The highest BCUT2D eigenvalue weighted by molar-refractivity contribution is 5.81. The summed E-state index contributed by atoms with van der Waals surface area (Å²) in [6, 6.07) is 7.91. The molecule has 4 nitrogen and oxygen atoms in total. The molecule has 1 aliphatic rings. The topological polar surface area (TPSA) is 41.6 Å². The molecule has 2 rings (SSSR count). The molecule has 0 saturated carbocycles. The SMILES string of the molecule is COc1cccc(C(C)NC(C)C(=O)N2CCCC2)c1. The third-order valence-electron chi connectivity index (χ3n) is 3.88. The fraction of sp³-hybridized carbons (Fsp3) is 0.562. The predicted octanol–water partition coefficient (Wildman–Crippen LogP) is 2.36. The summed E-state index contributed by atoms with van der Waals surface area (Å²) < 4.78 is 5.24. The molecule has 20 heavy (non-hydrogen) atoms. The first-order valence-corrected chi connectivity index (χ1v) is 7.30. The molecule has 1 amide bonds. The molecule has 0 radical (unpaired) electrons. The Morgan fingerprint density at radius 1 is 1.30 bits per heavy atom. The first-order valence-electron chi connectivity index (χ1n) is 7.30. The molecule has 1 aromatic carbocycles. The number of amides is 1. The van der Waals surface area contributed by atoms with E-state index in [9.17, 15) is 4.79 Å². The van der Waals surface area contributed by atoms with Gasteiger partial charge in [-0.15, -0.1) is 0 Å². The summed E-state index contributed by atoms with van der Waals surface area (Å²) >= 11 is 0. The molecular formula is C16H24N2O2. The zero-order chi connectivity index (χ0) is 14.5. The number of nitrogens with zero attached hydrogens (tertiary/aromatic N) is 1. The van der Waals surface area contributed by atoms with Crippen LogP contribution >= 0.6 is 0 Å². The summed E-state index contributed by atoms with van der Waals surface area (Å²) in [5, 5.41) is 3.38. The third kappa shape index (κ3) is 3.51. The summed E-state index contributed by atoms with van der Waals surface area (Å²) in [6.07, 6.45) is 2.26. The van der Waals surface area contributed by atoms with E-state index in [1.165, 1.54) is 0 Å². The number of benzene rings is 1. The maximum atomic E-state index is 12.3. The number of methoxy groups -OCH3 is 1. The Morgan fingerprint density at radius 2 is 2.00 bits per heavy atom. The summed E-state index contributed by atoms with van der Waals surface area (Å²) in [5.74, 6) is 1.05. The standard InChI is InChI=1S/C16H24N2O2/c1-12(14-7-6-8-15(11-14)20-3)17-13(2)16(19)18-9-4-5-10-18/h6-8,11-13,17H,4-5,9-10H2,1-3H3. The van der Waals surface area contributed by atoms with Crippen molar-refractivity contribution in [1.82, 2.24) is 10.2 Å². The molecule has 1 saturated heterocycles. The molecular weight excluding hydrogens is 252 g/mol. The molecule has 0 aliphatic carbocycles. The quantitative estimate of drug-likeness (QED) is 0.897. The van der Waals surface area contributed by atoms with Gasteiger partial charge in [0.05, 0.1) is 13.2 Å². The van der Waals surface area contributed by atoms with Crippen LogP contribution in [-0.2, 0) is 4.79 Å².